The molecule has 62 valence electrons. The summed E-state index contributed by atoms with van der Waals surface area (Å²) in [6.45, 7) is 4.16. The maximum Gasteiger partial charge on any atom is 0.115 e. The first-order valence-corrected chi connectivity index (χ1v) is 4.27. The van der Waals surface area contributed by atoms with E-state index in [1.54, 1.807) is 12.4 Å². The first-order chi connectivity index (χ1) is 5.73. The van der Waals surface area contributed by atoms with Gasteiger partial charge in [-0.2, -0.15) is 0 Å². The van der Waals surface area contributed by atoms with E-state index in [-0.39, 0.29) is 5.31 Å². The fourth-order valence-electron chi connectivity index (χ4n) is 1.21. The molecule has 0 aliphatic rings. The third kappa shape index (κ3) is 1.66. The van der Waals surface area contributed by atoms with Gasteiger partial charge < -0.3 is 0 Å². The summed E-state index contributed by atoms with van der Waals surface area (Å²) in [6.07, 6.45) is 6.93. The molecule has 12 heavy (non-hydrogen) atoms. The van der Waals surface area contributed by atoms with Crippen LogP contribution in [0, 0.1) is 0 Å². The number of nitrogens with zero attached hydrogens (tertiary/aromatic N) is 2. The highest BCUT2D eigenvalue weighted by molar-refractivity contribution is 6.15. The third-order valence-corrected chi connectivity index (χ3v) is 2.40. The fraction of sp³-hybridized carbons (Fsp3) is 0.556. The molecular weight excluding hydrogens is 147 g/mol. The second-order valence-corrected chi connectivity index (χ2v) is 2.99. The van der Waals surface area contributed by atoms with Crippen molar-refractivity contribution in [3.8, 4) is 0 Å². The molecule has 0 saturated carbocycles. The Labute approximate surface area is 74.8 Å². The van der Waals surface area contributed by atoms with E-state index in [1.807, 2.05) is 0 Å². The Hall–Kier alpha value is -0.855. The standard InChI is InChI=1S/C9H13BN2/c1-3-9(10,4-2)8-5-11-7-12-6-8/h5-7H,3-4H2,1-2H3. The van der Waals surface area contributed by atoms with Gasteiger partial charge in [-0.1, -0.05) is 26.7 Å². The van der Waals surface area contributed by atoms with Crippen molar-refractivity contribution in [1.82, 2.24) is 9.97 Å². The molecule has 0 atom stereocenters. The van der Waals surface area contributed by atoms with Crippen LogP contribution in [0.2, 0.25) is 0 Å². The quantitative estimate of drug-likeness (QED) is 0.628. The molecule has 0 aliphatic carbocycles. The van der Waals surface area contributed by atoms with Crippen LogP contribution in [-0.4, -0.2) is 17.8 Å². The van der Waals surface area contributed by atoms with Crippen molar-refractivity contribution < 1.29 is 0 Å². The molecule has 0 aromatic carbocycles. The summed E-state index contributed by atoms with van der Waals surface area (Å²) in [4.78, 5) is 7.91. The predicted octanol–water partition coefficient (Wildman–Crippen LogP) is 1.66. The lowest BCUT2D eigenvalue weighted by Gasteiger charge is -2.26. The Morgan fingerprint density at radius 3 is 2.17 bits per heavy atom. The molecule has 0 spiro atoms. The van der Waals surface area contributed by atoms with Crippen molar-refractivity contribution in [3.63, 3.8) is 0 Å². The molecule has 1 aromatic heterocycles. The normalized spacial score (nSPS) is 11.5. The van der Waals surface area contributed by atoms with Gasteiger partial charge in [0, 0.05) is 12.4 Å². The van der Waals surface area contributed by atoms with Crippen LogP contribution in [-0.2, 0) is 5.31 Å². The number of hydrogen-bond donors (Lipinski definition) is 0. The van der Waals surface area contributed by atoms with Crippen molar-refractivity contribution in [2.45, 2.75) is 32.0 Å². The van der Waals surface area contributed by atoms with Gasteiger partial charge in [-0.3, -0.25) is 0 Å². The van der Waals surface area contributed by atoms with Crippen LogP contribution in [0.1, 0.15) is 32.3 Å². The maximum atomic E-state index is 6.14. The Bertz CT molecular complexity index is 232. The molecule has 3 heteroatoms. The van der Waals surface area contributed by atoms with Gasteiger partial charge in [0.25, 0.3) is 0 Å². The van der Waals surface area contributed by atoms with E-state index in [0.29, 0.717) is 0 Å². The third-order valence-electron chi connectivity index (χ3n) is 2.40. The van der Waals surface area contributed by atoms with E-state index >= 15 is 0 Å². The highest BCUT2D eigenvalue weighted by Gasteiger charge is 2.21. The minimum absolute atomic E-state index is 0.249. The van der Waals surface area contributed by atoms with Crippen LogP contribution in [0.4, 0.5) is 0 Å². The van der Waals surface area contributed by atoms with Gasteiger partial charge in [-0.15, -0.1) is 0 Å². The van der Waals surface area contributed by atoms with Crippen molar-refractivity contribution >= 4 is 7.85 Å². The topological polar surface area (TPSA) is 25.8 Å². The molecule has 1 rings (SSSR count). The van der Waals surface area contributed by atoms with Gasteiger partial charge in [-0.25, -0.2) is 9.97 Å². The van der Waals surface area contributed by atoms with E-state index in [0.717, 1.165) is 18.4 Å². The SMILES string of the molecule is [B]C(CC)(CC)c1cncnc1. The predicted molar refractivity (Wildman–Crippen MR) is 50.0 cm³/mol. The van der Waals surface area contributed by atoms with E-state index < -0.39 is 0 Å². The minimum atomic E-state index is -0.249. The van der Waals surface area contributed by atoms with E-state index in [1.165, 1.54) is 6.33 Å². The zero-order valence-corrected chi connectivity index (χ0v) is 7.62. The zero-order chi connectivity index (χ0) is 9.03. The van der Waals surface area contributed by atoms with Gasteiger partial charge >= 0.3 is 0 Å². The van der Waals surface area contributed by atoms with E-state index in [2.05, 4.69) is 23.8 Å². The van der Waals surface area contributed by atoms with E-state index in [9.17, 15) is 0 Å². The van der Waals surface area contributed by atoms with Crippen LogP contribution in [0.25, 0.3) is 0 Å². The summed E-state index contributed by atoms with van der Waals surface area (Å²) in [5.41, 5.74) is 1.02. The number of aromatic nitrogens is 2. The van der Waals surface area contributed by atoms with E-state index in [4.69, 9.17) is 7.85 Å². The van der Waals surface area contributed by atoms with Gasteiger partial charge in [0.1, 0.15) is 6.33 Å². The minimum Gasteiger partial charge on any atom is -0.245 e. The molecule has 0 bridgehead atoms. The summed E-state index contributed by atoms with van der Waals surface area (Å²) in [7, 11) is 6.14. The average molecular weight is 160 g/mol. The van der Waals surface area contributed by atoms with Crippen LogP contribution < -0.4 is 0 Å². The van der Waals surface area contributed by atoms with Gasteiger partial charge in [0.05, 0.1) is 7.85 Å². The summed E-state index contributed by atoms with van der Waals surface area (Å²) < 4.78 is 0. The molecule has 2 nitrogen and oxygen atoms in total. The lowest BCUT2D eigenvalue weighted by Crippen LogP contribution is -2.24. The summed E-state index contributed by atoms with van der Waals surface area (Å²) >= 11 is 0. The monoisotopic (exact) mass is 160 g/mol. The molecule has 1 aromatic rings. The Morgan fingerprint density at radius 2 is 1.75 bits per heavy atom. The van der Waals surface area contributed by atoms with Crippen LogP contribution in [0.15, 0.2) is 18.7 Å². The molecule has 0 aliphatic heterocycles. The molecule has 0 saturated heterocycles. The molecule has 0 N–H and O–H groups in total. The highest BCUT2D eigenvalue weighted by atomic mass is 14.8. The Kier molecular flexibility index (Phi) is 2.85. The van der Waals surface area contributed by atoms with Crippen molar-refractivity contribution in [1.29, 1.82) is 0 Å². The van der Waals surface area contributed by atoms with Crippen molar-refractivity contribution in [2.75, 3.05) is 0 Å². The Balaban J connectivity index is 2.95. The lowest BCUT2D eigenvalue weighted by atomic mass is 9.61. The van der Waals surface area contributed by atoms with Crippen LogP contribution >= 0.6 is 0 Å². The molecule has 2 radical (unpaired) electrons. The number of rotatable bonds is 3. The first-order valence-electron chi connectivity index (χ1n) is 4.27. The van der Waals surface area contributed by atoms with Crippen LogP contribution in [0.5, 0.6) is 0 Å². The Morgan fingerprint density at radius 1 is 1.25 bits per heavy atom. The second-order valence-electron chi connectivity index (χ2n) is 2.99. The zero-order valence-electron chi connectivity index (χ0n) is 7.62. The largest absolute Gasteiger partial charge is 0.245 e. The molecular formula is C9H13BN2. The van der Waals surface area contributed by atoms with Crippen LogP contribution in [0.3, 0.4) is 0 Å². The van der Waals surface area contributed by atoms with Crippen molar-refractivity contribution in [2.24, 2.45) is 0 Å². The summed E-state index contributed by atoms with van der Waals surface area (Å²) in [5.74, 6) is 0. The molecule has 0 unspecified atom stereocenters. The lowest BCUT2D eigenvalue weighted by molar-refractivity contribution is 0.560. The first kappa shape index (κ1) is 9.23. The highest BCUT2D eigenvalue weighted by Crippen LogP contribution is 2.26. The molecule has 0 fully saturated rings. The van der Waals surface area contributed by atoms with Crippen molar-refractivity contribution in [3.05, 3.63) is 24.3 Å². The molecule has 0 amide bonds. The summed E-state index contributed by atoms with van der Waals surface area (Å²) in [5, 5.41) is -0.249. The average Bonchev–Trinajstić information content (AvgIpc) is 2.18. The smallest absolute Gasteiger partial charge is 0.115 e. The van der Waals surface area contributed by atoms with Gasteiger partial charge in [0.2, 0.25) is 0 Å². The van der Waals surface area contributed by atoms with Gasteiger partial charge in [0.15, 0.2) is 0 Å². The fourth-order valence-corrected chi connectivity index (χ4v) is 1.21. The summed E-state index contributed by atoms with van der Waals surface area (Å²) in [6, 6.07) is 0. The van der Waals surface area contributed by atoms with Gasteiger partial charge in [-0.05, 0) is 10.9 Å². The maximum absolute atomic E-state index is 6.14. The second kappa shape index (κ2) is 3.70. The molecule has 1 heterocycles. The number of hydrogen-bond acceptors (Lipinski definition) is 2.